The topological polar surface area (TPSA) is 150 Å². The van der Waals surface area contributed by atoms with E-state index in [0.717, 1.165) is 17.0 Å². The molecule has 3 atom stereocenters. The van der Waals surface area contributed by atoms with Gasteiger partial charge in [0.2, 0.25) is 17.7 Å². The molecule has 0 radical (unpaired) electrons. The zero-order valence-corrected chi connectivity index (χ0v) is 32.7. The third-order valence-electron chi connectivity index (χ3n) is 11.1. The van der Waals surface area contributed by atoms with Crippen LogP contribution in [-0.2, 0) is 30.1 Å². The minimum Gasteiger partial charge on any atom is -0.377 e. The first-order chi connectivity index (χ1) is 27.0. The van der Waals surface area contributed by atoms with Crippen molar-refractivity contribution in [2.75, 3.05) is 48.3 Å². The second kappa shape index (κ2) is 17.0. The molecule has 2 aromatic carbocycles. The van der Waals surface area contributed by atoms with E-state index in [1.807, 2.05) is 16.7 Å². The molecule has 4 aliphatic rings. The largest absolute Gasteiger partial charge is 0.417 e. The van der Waals surface area contributed by atoms with E-state index in [2.05, 4.69) is 16.0 Å². The lowest BCUT2D eigenvalue weighted by Gasteiger charge is -2.42. The quantitative estimate of drug-likeness (QED) is 0.125. The summed E-state index contributed by atoms with van der Waals surface area (Å²) in [5.74, 6) is -1.54. The van der Waals surface area contributed by atoms with Crippen molar-refractivity contribution in [1.82, 2.24) is 20.0 Å². The molecule has 0 bridgehead atoms. The van der Waals surface area contributed by atoms with Gasteiger partial charge in [0.15, 0.2) is 11.4 Å². The summed E-state index contributed by atoms with van der Waals surface area (Å²) in [5.41, 5.74) is -1.73. The number of amides is 4. The summed E-state index contributed by atoms with van der Waals surface area (Å²) in [6.07, 6.45) is -3.01. The summed E-state index contributed by atoms with van der Waals surface area (Å²) in [4.78, 5) is 56.6. The van der Waals surface area contributed by atoms with E-state index in [0.29, 0.717) is 63.2 Å². The number of hydrogen-bond donors (Lipinski definition) is 3. The highest BCUT2D eigenvalue weighted by atomic mass is 32.1. The van der Waals surface area contributed by atoms with Gasteiger partial charge in [-0.1, -0.05) is 6.07 Å². The number of anilines is 3. The second-order valence-corrected chi connectivity index (χ2v) is 15.9. The summed E-state index contributed by atoms with van der Waals surface area (Å²) in [5, 5.41) is 17.5. The van der Waals surface area contributed by atoms with Gasteiger partial charge >= 0.3 is 6.18 Å². The van der Waals surface area contributed by atoms with Crippen LogP contribution in [0.1, 0.15) is 70.4 Å². The van der Waals surface area contributed by atoms with E-state index in [4.69, 9.17) is 17.0 Å². The molecule has 6 rings (SSSR count). The van der Waals surface area contributed by atoms with Gasteiger partial charge in [-0.15, -0.1) is 0 Å². The molecular weight excluding hydrogens is 769 g/mol. The first kappa shape index (κ1) is 41.9. The maximum absolute atomic E-state index is 15.5. The number of nitrogens with zero attached hydrogens (tertiary/aromatic N) is 5. The predicted octanol–water partition coefficient (Wildman–Crippen LogP) is 4.77. The van der Waals surface area contributed by atoms with Crippen molar-refractivity contribution < 1.29 is 41.5 Å². The molecule has 18 heteroatoms. The summed E-state index contributed by atoms with van der Waals surface area (Å²) >= 11 is 5.71. The summed E-state index contributed by atoms with van der Waals surface area (Å²) in [6, 6.07) is 10.6. The monoisotopic (exact) mass is 814 g/mol. The zero-order valence-electron chi connectivity index (χ0n) is 31.9. The number of piperazine rings is 1. The van der Waals surface area contributed by atoms with Crippen molar-refractivity contribution in [1.29, 1.82) is 5.26 Å². The molecule has 306 valence electrons. The van der Waals surface area contributed by atoms with Gasteiger partial charge < -0.3 is 20.3 Å². The molecule has 3 heterocycles. The van der Waals surface area contributed by atoms with Gasteiger partial charge in [0.05, 0.1) is 42.1 Å². The molecule has 3 aliphatic heterocycles. The molecule has 0 aromatic heterocycles. The lowest BCUT2D eigenvalue weighted by molar-refractivity contribution is -0.138. The van der Waals surface area contributed by atoms with Gasteiger partial charge in [0.1, 0.15) is 11.6 Å². The number of ether oxygens (including phenoxy) is 1. The van der Waals surface area contributed by atoms with Crippen molar-refractivity contribution in [2.45, 2.75) is 102 Å². The molecule has 4 fully saturated rings. The fourth-order valence-corrected chi connectivity index (χ4v) is 8.71. The Balaban J connectivity index is 0.943. The number of rotatable bonds is 11. The number of carbonyl (C=O) groups excluding carboxylic acids is 4. The number of benzene rings is 2. The average Bonchev–Trinajstić information content (AvgIpc) is 3.32. The van der Waals surface area contributed by atoms with Crippen molar-refractivity contribution in [3.63, 3.8) is 0 Å². The van der Waals surface area contributed by atoms with E-state index >= 15 is 4.39 Å². The fraction of sp³-hybridized carbons (Fsp3) is 0.538. The highest BCUT2D eigenvalue weighted by Gasteiger charge is 2.52. The van der Waals surface area contributed by atoms with Gasteiger partial charge in [-0.05, 0) is 101 Å². The van der Waals surface area contributed by atoms with E-state index in [1.165, 1.54) is 11.0 Å². The molecule has 0 spiro atoms. The molecule has 57 heavy (non-hydrogen) atoms. The van der Waals surface area contributed by atoms with Crippen LogP contribution in [0.25, 0.3) is 0 Å². The number of thiocarbonyl (C=S) groups is 1. The van der Waals surface area contributed by atoms with Crippen LogP contribution in [0.5, 0.6) is 0 Å². The Morgan fingerprint density at radius 3 is 2.44 bits per heavy atom. The van der Waals surface area contributed by atoms with E-state index < -0.39 is 47.0 Å². The van der Waals surface area contributed by atoms with Crippen LogP contribution < -0.4 is 20.9 Å². The number of halogens is 4. The second-order valence-electron chi connectivity index (χ2n) is 15.5. The number of piperidine rings is 1. The van der Waals surface area contributed by atoms with Gasteiger partial charge in [-0.3, -0.25) is 39.2 Å². The third kappa shape index (κ3) is 9.38. The molecule has 4 amide bonds. The normalized spacial score (nSPS) is 26.0. The molecule has 1 saturated carbocycles. The highest BCUT2D eigenvalue weighted by Crippen LogP contribution is 2.40. The lowest BCUT2D eigenvalue weighted by Crippen LogP contribution is -2.58. The minimum absolute atomic E-state index is 0.0401. The number of nitrogens with one attached hydrogen (secondary N) is 3. The smallest absolute Gasteiger partial charge is 0.377 e. The maximum Gasteiger partial charge on any atom is 0.417 e. The fourth-order valence-electron chi connectivity index (χ4n) is 8.14. The summed E-state index contributed by atoms with van der Waals surface area (Å²) < 4.78 is 62.8. The zero-order chi connectivity index (χ0) is 41.2. The Hall–Kier alpha value is -4.70. The Morgan fingerprint density at radius 2 is 1.77 bits per heavy atom. The van der Waals surface area contributed by atoms with Gasteiger partial charge in [-0.25, -0.2) is 4.39 Å². The standard InChI is InChI=1S/C39H46F4N8O5S/c1-23-20-48(21-32(40)49(23)22-34(53)46-26-6-4-5-25(17-26)45-31-13-14-33(52)47-35(31)54)15-16-56-29-11-9-27(10-12-29)51-37(57)50(36(55)38(51,2)3)28-8-7-24(19-44)30(18-28)39(41,42)43/h4-8,17-18,23,27,29,31-32,45H,9-16,20-22H2,1-3H3,(H,46,53)(H,47,52,54)/t23-,27?,29?,31?,32-/m0/s1. The SMILES string of the molecule is C[C@H]1CN(CCOC2CCC(N3C(=S)N(c4ccc(C#N)c(C(F)(F)F)c4)C(=O)C3(C)C)CC2)C[C@@H](F)N1CC(=O)Nc1cccc(NC2CCC(=O)NC2=O)c1. The van der Waals surface area contributed by atoms with Crippen LogP contribution in [0, 0.1) is 11.3 Å². The number of alkyl halides is 4. The molecule has 13 nitrogen and oxygen atoms in total. The first-order valence-electron chi connectivity index (χ1n) is 19.0. The van der Waals surface area contributed by atoms with E-state index in [-0.39, 0.29) is 60.3 Å². The van der Waals surface area contributed by atoms with Crippen molar-refractivity contribution in [3.8, 4) is 6.07 Å². The number of carbonyl (C=O) groups is 4. The molecule has 3 N–H and O–H groups in total. The average molecular weight is 815 g/mol. The first-order valence-corrected chi connectivity index (χ1v) is 19.4. The Kier molecular flexibility index (Phi) is 12.5. The number of nitriles is 1. The molecule has 2 aromatic rings. The van der Waals surface area contributed by atoms with E-state index in [1.54, 1.807) is 44.2 Å². The van der Waals surface area contributed by atoms with Crippen molar-refractivity contribution >= 4 is 58.0 Å². The van der Waals surface area contributed by atoms with Crippen LogP contribution in [0.2, 0.25) is 0 Å². The van der Waals surface area contributed by atoms with Gasteiger partial charge in [0.25, 0.3) is 5.91 Å². The molecule has 3 saturated heterocycles. The van der Waals surface area contributed by atoms with Crippen LogP contribution in [0.3, 0.4) is 0 Å². The lowest BCUT2D eigenvalue weighted by atomic mass is 9.89. The van der Waals surface area contributed by atoms with Crippen LogP contribution in [0.4, 0.5) is 34.6 Å². The van der Waals surface area contributed by atoms with Gasteiger partial charge in [0, 0.05) is 49.5 Å². The predicted molar refractivity (Wildman–Crippen MR) is 207 cm³/mol. The minimum atomic E-state index is -4.78. The molecule has 1 unspecified atom stereocenters. The van der Waals surface area contributed by atoms with Crippen molar-refractivity contribution in [3.05, 3.63) is 53.6 Å². The summed E-state index contributed by atoms with van der Waals surface area (Å²) in [7, 11) is 0. The molecular formula is C39H46F4N8O5S. The van der Waals surface area contributed by atoms with Gasteiger partial charge in [-0.2, -0.15) is 18.4 Å². The Morgan fingerprint density at radius 1 is 1.05 bits per heavy atom. The van der Waals surface area contributed by atoms with E-state index in [9.17, 15) is 37.6 Å². The van der Waals surface area contributed by atoms with Crippen LogP contribution >= 0.6 is 12.2 Å². The number of imide groups is 1. The molecule has 1 aliphatic carbocycles. The van der Waals surface area contributed by atoms with Crippen LogP contribution in [0.15, 0.2) is 42.5 Å². The van der Waals surface area contributed by atoms with Crippen molar-refractivity contribution in [2.24, 2.45) is 0 Å². The Bertz CT molecular complexity index is 1920. The third-order valence-corrected chi connectivity index (χ3v) is 11.5. The maximum atomic E-state index is 15.5. The summed E-state index contributed by atoms with van der Waals surface area (Å²) in [6.45, 7) is 6.63. The number of hydrogen-bond acceptors (Lipinski definition) is 10. The van der Waals surface area contributed by atoms with Crippen LogP contribution in [-0.4, -0.2) is 112 Å². The Labute approximate surface area is 333 Å². The highest BCUT2D eigenvalue weighted by molar-refractivity contribution is 7.80.